The summed E-state index contributed by atoms with van der Waals surface area (Å²) >= 11 is 1.71. The molecule has 0 aliphatic heterocycles. The number of H-pyrrole nitrogens is 2. The van der Waals surface area contributed by atoms with Crippen LogP contribution in [0.3, 0.4) is 0 Å². The molecule has 0 unspecified atom stereocenters. The lowest BCUT2D eigenvalue weighted by molar-refractivity contribution is 0.400. The highest BCUT2D eigenvalue weighted by Crippen LogP contribution is 2.32. The molecular weight excluding hydrogens is 462 g/mol. The van der Waals surface area contributed by atoms with Gasteiger partial charge in [-0.05, 0) is 109 Å². The Balaban J connectivity index is 1.53. The molecule has 0 saturated heterocycles. The highest BCUT2D eigenvalue weighted by molar-refractivity contribution is 7.08. The van der Waals surface area contributed by atoms with Crippen LogP contribution in [0.1, 0.15) is 24.5 Å². The Morgan fingerprint density at radius 2 is 2.06 bits per heavy atom. The summed E-state index contributed by atoms with van der Waals surface area (Å²) in [5.41, 5.74) is 8.59. The number of nitrogens with one attached hydrogen (secondary N) is 2. The minimum Gasteiger partial charge on any atom is -0.353 e. The van der Waals surface area contributed by atoms with Crippen molar-refractivity contribution in [1.82, 2.24) is 25.1 Å². The number of thiophene rings is 1. The maximum Gasteiger partial charge on any atom is 0.116 e. The Hall–Kier alpha value is -3.74. The summed E-state index contributed by atoms with van der Waals surface area (Å²) < 4.78 is 0. The van der Waals surface area contributed by atoms with E-state index in [1.54, 1.807) is 11.3 Å². The van der Waals surface area contributed by atoms with E-state index in [4.69, 9.17) is 0 Å². The third-order valence-electron chi connectivity index (χ3n) is 6.43. The molecule has 0 radical (unpaired) electrons. The van der Waals surface area contributed by atoms with E-state index in [1.807, 2.05) is 25.4 Å². The molecule has 0 atom stereocenters. The van der Waals surface area contributed by atoms with Crippen molar-refractivity contribution in [3.8, 4) is 22.5 Å². The van der Waals surface area contributed by atoms with Crippen LogP contribution < -0.4 is 10.6 Å². The maximum atomic E-state index is 4.69. The second-order valence-electron chi connectivity index (χ2n) is 9.31. The highest BCUT2D eigenvalue weighted by atomic mass is 32.1. The van der Waals surface area contributed by atoms with Crippen LogP contribution >= 0.6 is 11.3 Å². The predicted molar refractivity (Wildman–Crippen MR) is 153 cm³/mol. The molecule has 0 saturated carbocycles. The summed E-state index contributed by atoms with van der Waals surface area (Å²) in [6.45, 7) is 7.46. The zero-order valence-corrected chi connectivity index (χ0v) is 21.8. The first kappa shape index (κ1) is 24.0. The molecular formula is C30H31N5S. The smallest absolute Gasteiger partial charge is 0.116 e. The van der Waals surface area contributed by atoms with E-state index in [1.165, 1.54) is 22.1 Å². The molecule has 5 rings (SSSR count). The van der Waals surface area contributed by atoms with Gasteiger partial charge in [0.25, 0.3) is 0 Å². The van der Waals surface area contributed by atoms with Crippen LogP contribution in [-0.2, 0) is 6.42 Å². The molecule has 2 N–H and O–H groups in total. The fourth-order valence-electron chi connectivity index (χ4n) is 4.54. The molecule has 0 spiro atoms. The summed E-state index contributed by atoms with van der Waals surface area (Å²) in [6.07, 6.45) is 10.1. The van der Waals surface area contributed by atoms with Crippen molar-refractivity contribution in [2.45, 2.75) is 19.8 Å². The number of rotatable bonds is 8. The van der Waals surface area contributed by atoms with Crippen molar-refractivity contribution < 1.29 is 0 Å². The second kappa shape index (κ2) is 10.5. The van der Waals surface area contributed by atoms with E-state index in [9.17, 15) is 0 Å². The molecule has 0 bridgehead atoms. The summed E-state index contributed by atoms with van der Waals surface area (Å²) in [4.78, 5) is 10.3. The van der Waals surface area contributed by atoms with Crippen LogP contribution in [0.5, 0.6) is 0 Å². The Kier molecular flexibility index (Phi) is 6.98. The van der Waals surface area contributed by atoms with Gasteiger partial charge in [0.1, 0.15) is 5.69 Å². The van der Waals surface area contributed by atoms with Gasteiger partial charge in [0.15, 0.2) is 0 Å². The first-order valence-corrected chi connectivity index (χ1v) is 13.1. The van der Waals surface area contributed by atoms with E-state index in [0.717, 1.165) is 58.0 Å². The largest absolute Gasteiger partial charge is 0.353 e. The third kappa shape index (κ3) is 4.96. The monoisotopic (exact) mass is 493 g/mol. The van der Waals surface area contributed by atoms with Gasteiger partial charge in [0.05, 0.1) is 11.0 Å². The molecule has 1 aromatic carbocycles. The molecule has 5 aromatic rings. The van der Waals surface area contributed by atoms with Gasteiger partial charge in [-0.25, -0.2) is 0 Å². The van der Waals surface area contributed by atoms with Crippen LogP contribution in [0.15, 0.2) is 66.1 Å². The average molecular weight is 494 g/mol. The molecule has 5 nitrogen and oxygen atoms in total. The van der Waals surface area contributed by atoms with E-state index in [0.29, 0.717) is 0 Å². The second-order valence-corrected chi connectivity index (χ2v) is 10.1. The lowest BCUT2D eigenvalue weighted by atomic mass is 10.0. The average Bonchev–Trinajstić information content (AvgIpc) is 3.63. The van der Waals surface area contributed by atoms with Gasteiger partial charge < -0.3 is 9.88 Å². The Morgan fingerprint density at radius 3 is 2.83 bits per heavy atom. The SMILES string of the molecule is C=C(/C=c1/c(-c2cc3c(-c4ccsc4)cccc3[nH]2)n[nH]/c1=C/C)c1cncc(CCCN(C)C)c1. The fourth-order valence-corrected chi connectivity index (χ4v) is 5.20. The predicted octanol–water partition coefficient (Wildman–Crippen LogP) is 5.47. The Bertz CT molecular complexity index is 1620. The van der Waals surface area contributed by atoms with Crippen LogP contribution in [0, 0.1) is 0 Å². The number of benzene rings is 1. The molecule has 0 amide bonds. The van der Waals surface area contributed by atoms with Gasteiger partial charge in [-0.2, -0.15) is 16.4 Å². The first-order valence-electron chi connectivity index (χ1n) is 12.2. The summed E-state index contributed by atoms with van der Waals surface area (Å²) in [7, 11) is 4.21. The quantitative estimate of drug-likeness (QED) is 0.301. The number of allylic oxidation sites excluding steroid dienone is 1. The molecule has 182 valence electrons. The molecule has 0 fully saturated rings. The van der Waals surface area contributed by atoms with E-state index < -0.39 is 0 Å². The molecule has 36 heavy (non-hydrogen) atoms. The van der Waals surface area contributed by atoms with E-state index in [2.05, 4.69) is 99.0 Å². The van der Waals surface area contributed by atoms with Crippen LogP contribution in [0.4, 0.5) is 0 Å². The number of hydrogen-bond acceptors (Lipinski definition) is 4. The van der Waals surface area contributed by atoms with Gasteiger partial charge >= 0.3 is 0 Å². The molecule has 0 aliphatic rings. The molecule has 6 heteroatoms. The van der Waals surface area contributed by atoms with Crippen LogP contribution in [-0.4, -0.2) is 45.7 Å². The fraction of sp³-hybridized carbons (Fsp3) is 0.200. The normalized spacial score (nSPS) is 12.8. The minimum absolute atomic E-state index is 0.881. The number of aromatic amines is 2. The van der Waals surface area contributed by atoms with E-state index >= 15 is 0 Å². The number of aryl methyl sites for hydroxylation is 1. The van der Waals surface area contributed by atoms with Crippen LogP contribution in [0.2, 0.25) is 0 Å². The lowest BCUT2D eigenvalue weighted by Crippen LogP contribution is -2.23. The van der Waals surface area contributed by atoms with Crippen molar-refractivity contribution in [3.05, 3.63) is 87.8 Å². The zero-order chi connectivity index (χ0) is 25.1. The first-order chi connectivity index (χ1) is 17.5. The van der Waals surface area contributed by atoms with Crippen molar-refractivity contribution in [2.24, 2.45) is 0 Å². The molecule has 0 aliphatic carbocycles. The number of nitrogens with zero attached hydrogens (tertiary/aromatic N) is 3. The van der Waals surface area contributed by atoms with Crippen molar-refractivity contribution in [1.29, 1.82) is 0 Å². The van der Waals surface area contributed by atoms with E-state index in [-0.39, 0.29) is 0 Å². The third-order valence-corrected chi connectivity index (χ3v) is 7.11. The number of fused-ring (bicyclic) bond motifs is 1. The van der Waals surface area contributed by atoms with Crippen molar-refractivity contribution in [2.75, 3.05) is 20.6 Å². The zero-order valence-electron chi connectivity index (χ0n) is 21.0. The number of hydrogen-bond donors (Lipinski definition) is 2. The van der Waals surface area contributed by atoms with Crippen molar-refractivity contribution in [3.63, 3.8) is 0 Å². The van der Waals surface area contributed by atoms with Crippen LogP contribution in [0.25, 0.3) is 51.1 Å². The van der Waals surface area contributed by atoms with Crippen molar-refractivity contribution >= 4 is 40.0 Å². The van der Waals surface area contributed by atoms with Gasteiger partial charge in [-0.1, -0.05) is 24.8 Å². The number of pyridine rings is 1. The summed E-state index contributed by atoms with van der Waals surface area (Å²) in [6, 6.07) is 12.9. The summed E-state index contributed by atoms with van der Waals surface area (Å²) in [5.74, 6) is 0. The maximum absolute atomic E-state index is 4.69. The van der Waals surface area contributed by atoms with Gasteiger partial charge in [-0.15, -0.1) is 0 Å². The number of aromatic nitrogens is 4. The highest BCUT2D eigenvalue weighted by Gasteiger charge is 2.13. The molecule has 4 aromatic heterocycles. The topological polar surface area (TPSA) is 60.6 Å². The molecule has 4 heterocycles. The Labute approximate surface area is 215 Å². The lowest BCUT2D eigenvalue weighted by Gasteiger charge is -2.09. The summed E-state index contributed by atoms with van der Waals surface area (Å²) in [5, 5.41) is 15.4. The standard InChI is InChI=1S/C30H31N5S/c1-5-27-26(14-20(2)23-15-21(17-31-18-23)8-7-12-35(3)4)30(34-33-27)29-16-25-24(22-11-13-36-19-22)9-6-10-28(25)32-29/h5-6,9-11,13-19,32-33H,2,7-8,12H2,1,3-4H3/b26-14+,27-5+. The Morgan fingerprint density at radius 1 is 1.17 bits per heavy atom. The van der Waals surface area contributed by atoms with Gasteiger partial charge in [0, 0.05) is 28.5 Å². The van der Waals surface area contributed by atoms with Gasteiger partial charge in [0.2, 0.25) is 0 Å². The van der Waals surface area contributed by atoms with Gasteiger partial charge in [-0.3, -0.25) is 10.1 Å². The minimum atomic E-state index is 0.881.